The number of thioether (sulfide) groups is 1. The van der Waals surface area contributed by atoms with Gasteiger partial charge in [-0.15, -0.1) is 10.2 Å². The zero-order valence-electron chi connectivity index (χ0n) is 14.4. The largest absolute Gasteiger partial charge is 0.352 e. The van der Waals surface area contributed by atoms with Gasteiger partial charge >= 0.3 is 0 Å². The van der Waals surface area contributed by atoms with Crippen LogP contribution in [0.2, 0.25) is 0 Å². The summed E-state index contributed by atoms with van der Waals surface area (Å²) in [5.41, 5.74) is 1.10. The number of nitrogens with one attached hydrogen (secondary N) is 1. The molecule has 0 aliphatic heterocycles. The lowest BCUT2D eigenvalue weighted by atomic mass is 9.78. The smallest absolute Gasteiger partial charge is 0.230 e. The predicted octanol–water partition coefficient (Wildman–Crippen LogP) is 3.98. The fraction of sp³-hybridized carbons (Fsp3) is 0.500. The Hall–Kier alpha value is -1.60. The molecule has 132 valence electrons. The summed E-state index contributed by atoms with van der Waals surface area (Å²) in [6.07, 6.45) is 3.56. The molecule has 4 rings (SSSR count). The Bertz CT molecular complexity index is 903. The molecule has 25 heavy (non-hydrogen) atoms. The van der Waals surface area contributed by atoms with Gasteiger partial charge in [-0.3, -0.25) is 9.20 Å². The molecule has 0 radical (unpaired) electrons. The third-order valence-electron chi connectivity index (χ3n) is 5.30. The van der Waals surface area contributed by atoms with Crippen LogP contribution in [0.25, 0.3) is 15.2 Å². The maximum Gasteiger partial charge on any atom is 0.230 e. The van der Waals surface area contributed by atoms with Crippen LogP contribution in [0, 0.1) is 11.8 Å². The van der Waals surface area contributed by atoms with Gasteiger partial charge in [-0.1, -0.05) is 61.9 Å². The lowest BCUT2D eigenvalue weighted by Crippen LogP contribution is -2.44. The summed E-state index contributed by atoms with van der Waals surface area (Å²) in [7, 11) is 0. The van der Waals surface area contributed by atoms with Gasteiger partial charge in [0.25, 0.3) is 0 Å². The highest BCUT2D eigenvalue weighted by Crippen LogP contribution is 2.31. The van der Waals surface area contributed by atoms with E-state index in [1.807, 2.05) is 16.5 Å². The first kappa shape index (κ1) is 16.8. The van der Waals surface area contributed by atoms with E-state index in [0.717, 1.165) is 22.1 Å². The van der Waals surface area contributed by atoms with Crippen molar-refractivity contribution in [2.24, 2.45) is 11.8 Å². The lowest BCUT2D eigenvalue weighted by Gasteiger charge is -2.34. The van der Waals surface area contributed by atoms with E-state index >= 15 is 0 Å². The van der Waals surface area contributed by atoms with Crippen molar-refractivity contribution in [1.29, 1.82) is 0 Å². The Balaban J connectivity index is 1.44. The van der Waals surface area contributed by atoms with Crippen molar-refractivity contribution in [1.82, 2.24) is 19.9 Å². The Kier molecular flexibility index (Phi) is 4.69. The zero-order chi connectivity index (χ0) is 17.4. The summed E-state index contributed by atoms with van der Waals surface area (Å²) >= 11 is 3.08. The number of thiazole rings is 1. The van der Waals surface area contributed by atoms with Crippen LogP contribution in [-0.4, -0.2) is 32.3 Å². The Labute approximate surface area is 155 Å². The van der Waals surface area contributed by atoms with Crippen LogP contribution in [0.15, 0.2) is 29.4 Å². The number of carbonyl (C=O) groups excluding carboxylic acids is 1. The van der Waals surface area contributed by atoms with E-state index in [2.05, 4.69) is 41.5 Å². The molecule has 2 aromatic heterocycles. The fourth-order valence-corrected chi connectivity index (χ4v) is 5.39. The van der Waals surface area contributed by atoms with E-state index in [1.165, 1.54) is 29.3 Å². The molecular weight excluding hydrogens is 352 g/mol. The quantitative estimate of drug-likeness (QED) is 0.702. The minimum Gasteiger partial charge on any atom is -0.352 e. The second kappa shape index (κ2) is 6.96. The molecule has 3 atom stereocenters. The molecule has 1 saturated carbocycles. The van der Waals surface area contributed by atoms with Gasteiger partial charge in [0.1, 0.15) is 0 Å². The first-order chi connectivity index (χ1) is 12.1. The van der Waals surface area contributed by atoms with Crippen molar-refractivity contribution in [3.05, 3.63) is 24.3 Å². The molecule has 3 aromatic rings. The maximum atomic E-state index is 12.4. The number of nitrogens with zero attached hydrogens (tertiary/aromatic N) is 3. The van der Waals surface area contributed by atoms with E-state index in [9.17, 15) is 4.79 Å². The second-order valence-electron chi connectivity index (χ2n) is 6.90. The molecule has 1 fully saturated rings. The van der Waals surface area contributed by atoms with E-state index in [-0.39, 0.29) is 5.91 Å². The SMILES string of the molecule is C[C@H]1[C@@H](C)CCC[C@H]1NC(=O)CSc1nnc2sc3ccccc3n12. The standard InChI is InChI=1S/C18H22N4OS2/c1-11-6-5-7-13(12(11)2)19-16(23)10-24-17-20-21-18-22(17)14-8-3-4-9-15(14)25-18/h3-4,8-9,11-13H,5-7,10H2,1-2H3,(H,19,23)/t11-,12-,13+/m0/s1. The molecular formula is C18H22N4OS2. The number of fused-ring (bicyclic) bond motifs is 3. The number of hydrogen-bond donors (Lipinski definition) is 1. The molecule has 1 aliphatic rings. The maximum absolute atomic E-state index is 12.4. The number of hydrogen-bond acceptors (Lipinski definition) is 5. The van der Waals surface area contributed by atoms with Crippen LogP contribution in [0.4, 0.5) is 0 Å². The molecule has 1 N–H and O–H groups in total. The third-order valence-corrected chi connectivity index (χ3v) is 7.24. The number of carbonyl (C=O) groups is 1. The lowest BCUT2D eigenvalue weighted by molar-refractivity contribution is -0.120. The summed E-state index contributed by atoms with van der Waals surface area (Å²) in [4.78, 5) is 13.3. The number of para-hydroxylation sites is 1. The summed E-state index contributed by atoms with van der Waals surface area (Å²) in [6.45, 7) is 4.54. The molecule has 0 saturated heterocycles. The van der Waals surface area contributed by atoms with Gasteiger partial charge in [0.15, 0.2) is 5.16 Å². The van der Waals surface area contributed by atoms with Gasteiger partial charge in [-0.05, 0) is 30.4 Å². The summed E-state index contributed by atoms with van der Waals surface area (Å²) in [5.74, 6) is 1.69. The van der Waals surface area contributed by atoms with Crippen LogP contribution in [0.3, 0.4) is 0 Å². The number of rotatable bonds is 4. The highest BCUT2D eigenvalue weighted by Gasteiger charge is 2.28. The highest BCUT2D eigenvalue weighted by atomic mass is 32.2. The molecule has 0 unspecified atom stereocenters. The van der Waals surface area contributed by atoms with E-state index < -0.39 is 0 Å². The van der Waals surface area contributed by atoms with Gasteiger partial charge in [-0.25, -0.2) is 0 Å². The van der Waals surface area contributed by atoms with E-state index in [1.54, 1.807) is 11.3 Å². The molecule has 1 amide bonds. The van der Waals surface area contributed by atoms with E-state index in [4.69, 9.17) is 0 Å². The summed E-state index contributed by atoms with van der Waals surface area (Å²) in [5, 5.41) is 12.5. The minimum atomic E-state index is 0.0900. The Morgan fingerprint density at radius 3 is 3.04 bits per heavy atom. The van der Waals surface area contributed by atoms with Crippen molar-refractivity contribution in [3.63, 3.8) is 0 Å². The third kappa shape index (κ3) is 3.27. The minimum absolute atomic E-state index is 0.0900. The van der Waals surface area contributed by atoms with Crippen molar-refractivity contribution < 1.29 is 4.79 Å². The molecule has 5 nitrogen and oxygen atoms in total. The number of aromatic nitrogens is 3. The van der Waals surface area contributed by atoms with Gasteiger partial charge in [0.05, 0.1) is 16.0 Å². The Morgan fingerprint density at radius 1 is 1.32 bits per heavy atom. The van der Waals surface area contributed by atoms with Crippen LogP contribution >= 0.6 is 23.1 Å². The number of amides is 1. The van der Waals surface area contributed by atoms with Gasteiger partial charge in [0, 0.05) is 6.04 Å². The van der Waals surface area contributed by atoms with Crippen molar-refractivity contribution >= 4 is 44.2 Å². The summed E-state index contributed by atoms with van der Waals surface area (Å²) in [6, 6.07) is 8.50. The second-order valence-corrected chi connectivity index (χ2v) is 8.85. The average molecular weight is 375 g/mol. The molecule has 0 bridgehead atoms. The molecule has 0 spiro atoms. The molecule has 1 aromatic carbocycles. The topological polar surface area (TPSA) is 59.3 Å². The van der Waals surface area contributed by atoms with Gasteiger partial charge in [0.2, 0.25) is 10.9 Å². The fourth-order valence-electron chi connectivity index (χ4n) is 3.61. The summed E-state index contributed by atoms with van der Waals surface area (Å²) < 4.78 is 3.23. The average Bonchev–Trinajstić information content (AvgIpc) is 3.16. The monoisotopic (exact) mass is 374 g/mol. The van der Waals surface area contributed by atoms with Crippen molar-refractivity contribution in [2.45, 2.75) is 44.3 Å². The van der Waals surface area contributed by atoms with E-state index in [0.29, 0.717) is 23.6 Å². The number of benzene rings is 1. The highest BCUT2D eigenvalue weighted by molar-refractivity contribution is 7.99. The van der Waals surface area contributed by atoms with Crippen LogP contribution < -0.4 is 5.32 Å². The van der Waals surface area contributed by atoms with Crippen molar-refractivity contribution in [3.8, 4) is 0 Å². The molecule has 2 heterocycles. The first-order valence-corrected chi connectivity index (χ1v) is 10.6. The van der Waals surface area contributed by atoms with Gasteiger partial charge < -0.3 is 5.32 Å². The zero-order valence-corrected chi connectivity index (χ0v) is 16.1. The molecule has 1 aliphatic carbocycles. The Morgan fingerprint density at radius 2 is 2.16 bits per heavy atom. The first-order valence-electron chi connectivity index (χ1n) is 8.78. The van der Waals surface area contributed by atoms with Crippen LogP contribution in [0.5, 0.6) is 0 Å². The van der Waals surface area contributed by atoms with Crippen LogP contribution in [-0.2, 0) is 4.79 Å². The van der Waals surface area contributed by atoms with Crippen LogP contribution in [0.1, 0.15) is 33.1 Å². The van der Waals surface area contributed by atoms with Gasteiger partial charge in [-0.2, -0.15) is 0 Å². The normalized spacial score (nSPS) is 24.0. The van der Waals surface area contributed by atoms with Crippen molar-refractivity contribution in [2.75, 3.05) is 5.75 Å². The molecule has 7 heteroatoms. The predicted molar refractivity (Wildman–Crippen MR) is 103 cm³/mol.